The molecule has 4 nitrogen and oxygen atoms in total. The first-order chi connectivity index (χ1) is 8.40. The fourth-order valence-corrected chi connectivity index (χ4v) is 1.62. The minimum absolute atomic E-state index is 0.0140. The molecule has 18 heavy (non-hydrogen) atoms. The van der Waals surface area contributed by atoms with Gasteiger partial charge in [0.1, 0.15) is 0 Å². The number of hydrogen-bond donors (Lipinski definition) is 2. The predicted molar refractivity (Wildman–Crippen MR) is 61.3 cm³/mol. The van der Waals surface area contributed by atoms with E-state index < -0.39 is 29.7 Å². The summed E-state index contributed by atoms with van der Waals surface area (Å²) in [5, 5.41) is 9.54. The number of carbonyl (C=O) groups is 1. The molecule has 2 atom stereocenters. The smallest absolute Gasteiger partial charge is 0.342 e. The molecule has 0 aliphatic heterocycles. The molecule has 100 valence electrons. The van der Waals surface area contributed by atoms with Gasteiger partial charge in [0.25, 0.3) is 0 Å². The third kappa shape index (κ3) is 2.76. The van der Waals surface area contributed by atoms with E-state index >= 15 is 0 Å². The highest BCUT2D eigenvalue weighted by Gasteiger charge is 2.31. The van der Waals surface area contributed by atoms with Crippen LogP contribution in [0.25, 0.3) is 0 Å². The van der Waals surface area contributed by atoms with Gasteiger partial charge in [0.05, 0.1) is 12.6 Å². The van der Waals surface area contributed by atoms with Crippen molar-refractivity contribution in [3.05, 3.63) is 29.1 Å². The Morgan fingerprint density at radius 3 is 2.72 bits per heavy atom. The summed E-state index contributed by atoms with van der Waals surface area (Å²) in [6, 6.07) is 0.917. The fourth-order valence-electron chi connectivity index (χ4n) is 1.62. The van der Waals surface area contributed by atoms with E-state index in [0.29, 0.717) is 5.56 Å². The first-order valence-corrected chi connectivity index (χ1v) is 5.44. The number of benzene rings is 1. The molecule has 6 heteroatoms. The van der Waals surface area contributed by atoms with Gasteiger partial charge in [-0.05, 0) is 25.5 Å². The molecule has 0 amide bonds. The Morgan fingerprint density at radius 1 is 1.56 bits per heavy atom. The number of phenolic OH excluding ortho intramolecular Hbond substituents is 1. The SMILES string of the molecule is CCOC(=O)C(F)[C@H](N)c1c(C)ccc(F)c1O. The average Bonchev–Trinajstić information content (AvgIpc) is 2.33. The van der Waals surface area contributed by atoms with E-state index in [9.17, 15) is 18.7 Å². The van der Waals surface area contributed by atoms with Gasteiger partial charge in [-0.3, -0.25) is 0 Å². The number of aryl methyl sites for hydroxylation is 1. The van der Waals surface area contributed by atoms with Crippen molar-refractivity contribution in [3.63, 3.8) is 0 Å². The van der Waals surface area contributed by atoms with Crippen LogP contribution in [0.3, 0.4) is 0 Å². The number of alkyl halides is 1. The van der Waals surface area contributed by atoms with E-state index in [2.05, 4.69) is 4.74 Å². The summed E-state index contributed by atoms with van der Waals surface area (Å²) < 4.78 is 31.4. The Balaban J connectivity index is 3.07. The van der Waals surface area contributed by atoms with Crippen LogP contribution in [0, 0.1) is 12.7 Å². The molecule has 0 saturated heterocycles. The maximum absolute atomic E-state index is 13.7. The Labute approximate surface area is 103 Å². The van der Waals surface area contributed by atoms with Gasteiger partial charge in [-0.15, -0.1) is 0 Å². The van der Waals surface area contributed by atoms with Gasteiger partial charge in [0.2, 0.25) is 6.17 Å². The lowest BCUT2D eigenvalue weighted by molar-refractivity contribution is -0.149. The molecule has 0 aliphatic rings. The number of aromatic hydroxyl groups is 1. The number of rotatable bonds is 4. The Bertz CT molecular complexity index is 451. The highest BCUT2D eigenvalue weighted by Crippen LogP contribution is 2.31. The van der Waals surface area contributed by atoms with Crippen molar-refractivity contribution >= 4 is 5.97 Å². The molecule has 1 unspecified atom stereocenters. The molecule has 1 aromatic rings. The van der Waals surface area contributed by atoms with Crippen LogP contribution in [0.1, 0.15) is 24.1 Å². The second-order valence-electron chi connectivity index (χ2n) is 3.81. The standard InChI is InChI=1S/C12H15F2NO3/c1-3-18-12(17)9(14)10(15)8-6(2)4-5-7(13)11(8)16/h4-5,9-10,16H,3,15H2,1-2H3/t9?,10-/m1/s1. The third-order valence-corrected chi connectivity index (χ3v) is 2.55. The summed E-state index contributed by atoms with van der Waals surface area (Å²) in [5.74, 6) is -2.79. The van der Waals surface area contributed by atoms with Crippen molar-refractivity contribution in [1.82, 2.24) is 0 Å². The number of phenols is 1. The molecule has 1 aromatic carbocycles. The van der Waals surface area contributed by atoms with E-state index in [0.717, 1.165) is 6.07 Å². The van der Waals surface area contributed by atoms with Crippen LogP contribution in [0.2, 0.25) is 0 Å². The lowest BCUT2D eigenvalue weighted by Crippen LogP contribution is -2.32. The summed E-state index contributed by atoms with van der Waals surface area (Å²) in [4.78, 5) is 11.2. The number of carbonyl (C=O) groups excluding carboxylic acids is 1. The summed E-state index contributed by atoms with van der Waals surface area (Å²) in [6.45, 7) is 3.08. The molecule has 0 fully saturated rings. The van der Waals surface area contributed by atoms with E-state index in [-0.39, 0.29) is 12.2 Å². The minimum atomic E-state index is -2.16. The largest absolute Gasteiger partial charge is 0.505 e. The van der Waals surface area contributed by atoms with E-state index in [1.807, 2.05) is 0 Å². The van der Waals surface area contributed by atoms with Crippen LogP contribution in [0.4, 0.5) is 8.78 Å². The lowest BCUT2D eigenvalue weighted by atomic mass is 9.97. The summed E-state index contributed by atoms with van der Waals surface area (Å²) in [7, 11) is 0. The zero-order valence-electron chi connectivity index (χ0n) is 10.1. The minimum Gasteiger partial charge on any atom is -0.505 e. The van der Waals surface area contributed by atoms with Crippen LogP contribution < -0.4 is 5.73 Å². The monoisotopic (exact) mass is 259 g/mol. The number of hydrogen-bond acceptors (Lipinski definition) is 4. The van der Waals surface area contributed by atoms with E-state index in [1.54, 1.807) is 0 Å². The second kappa shape index (κ2) is 5.77. The summed E-state index contributed by atoms with van der Waals surface area (Å²) in [5.41, 5.74) is 5.81. The Hall–Kier alpha value is -1.69. The molecule has 0 heterocycles. The van der Waals surface area contributed by atoms with Gasteiger partial charge in [-0.1, -0.05) is 6.07 Å². The zero-order valence-corrected chi connectivity index (χ0v) is 10.1. The zero-order chi connectivity index (χ0) is 13.9. The molecule has 0 bridgehead atoms. The maximum Gasteiger partial charge on any atom is 0.342 e. The molecular weight excluding hydrogens is 244 g/mol. The lowest BCUT2D eigenvalue weighted by Gasteiger charge is -2.19. The quantitative estimate of drug-likeness (QED) is 0.808. The fraction of sp³-hybridized carbons (Fsp3) is 0.417. The van der Waals surface area contributed by atoms with Crippen LogP contribution in [0.5, 0.6) is 5.75 Å². The van der Waals surface area contributed by atoms with Gasteiger partial charge in [0, 0.05) is 5.56 Å². The highest BCUT2D eigenvalue weighted by molar-refractivity contribution is 5.76. The molecule has 0 radical (unpaired) electrons. The van der Waals surface area contributed by atoms with Crippen LogP contribution in [-0.2, 0) is 9.53 Å². The van der Waals surface area contributed by atoms with Crippen LogP contribution in [0.15, 0.2) is 12.1 Å². The number of esters is 1. The normalized spacial score (nSPS) is 14.1. The van der Waals surface area contributed by atoms with Crippen molar-refractivity contribution < 1.29 is 23.4 Å². The molecule has 3 N–H and O–H groups in total. The molecule has 0 aromatic heterocycles. The van der Waals surface area contributed by atoms with Gasteiger partial charge in [0.15, 0.2) is 11.6 Å². The number of ether oxygens (including phenoxy) is 1. The van der Waals surface area contributed by atoms with Gasteiger partial charge in [-0.2, -0.15) is 0 Å². The number of halogens is 2. The molecule has 0 saturated carbocycles. The first-order valence-electron chi connectivity index (χ1n) is 5.44. The van der Waals surface area contributed by atoms with Gasteiger partial charge < -0.3 is 15.6 Å². The van der Waals surface area contributed by atoms with Gasteiger partial charge >= 0.3 is 5.97 Å². The Morgan fingerprint density at radius 2 is 2.17 bits per heavy atom. The van der Waals surface area contributed by atoms with E-state index in [4.69, 9.17) is 5.73 Å². The molecule has 1 rings (SSSR count). The van der Waals surface area contributed by atoms with Crippen molar-refractivity contribution in [3.8, 4) is 5.75 Å². The van der Waals surface area contributed by atoms with Crippen LogP contribution >= 0.6 is 0 Å². The van der Waals surface area contributed by atoms with Crippen LogP contribution in [-0.4, -0.2) is 23.9 Å². The summed E-state index contributed by atoms with van der Waals surface area (Å²) in [6.07, 6.45) is -2.16. The van der Waals surface area contributed by atoms with Gasteiger partial charge in [-0.25, -0.2) is 13.6 Å². The van der Waals surface area contributed by atoms with E-state index in [1.165, 1.54) is 19.9 Å². The molecule has 0 aliphatic carbocycles. The first kappa shape index (κ1) is 14.4. The van der Waals surface area contributed by atoms with Crippen molar-refractivity contribution in [2.24, 2.45) is 5.73 Å². The van der Waals surface area contributed by atoms with Crippen molar-refractivity contribution in [1.29, 1.82) is 0 Å². The Kier molecular flexibility index (Phi) is 4.61. The number of nitrogens with two attached hydrogens (primary N) is 1. The average molecular weight is 259 g/mol. The van der Waals surface area contributed by atoms with Crippen molar-refractivity contribution in [2.75, 3.05) is 6.61 Å². The summed E-state index contributed by atoms with van der Waals surface area (Å²) >= 11 is 0. The third-order valence-electron chi connectivity index (χ3n) is 2.55. The molecule has 0 spiro atoms. The topological polar surface area (TPSA) is 72.5 Å². The molecular formula is C12H15F2NO3. The second-order valence-corrected chi connectivity index (χ2v) is 3.81. The highest BCUT2D eigenvalue weighted by atomic mass is 19.1. The van der Waals surface area contributed by atoms with Crippen molar-refractivity contribution in [2.45, 2.75) is 26.1 Å². The predicted octanol–water partition coefficient (Wildman–Crippen LogP) is 1.74. The maximum atomic E-state index is 13.7.